The number of rotatable bonds is 4. The minimum absolute atomic E-state index is 0.0641. The van der Waals surface area contributed by atoms with Gasteiger partial charge in [-0.05, 0) is 44.9 Å². The SMILES string of the molecule is Cc1nn([C@@H]2CCS(=O)(=O)C2)c2c1[C@@H](c1cccc(OC(C)C)c1)CC(=O)N2. The Hall–Kier alpha value is -2.35. The number of aromatic nitrogens is 2. The molecular weight excluding hydrogens is 378 g/mol. The Morgan fingerprint density at radius 2 is 2.11 bits per heavy atom. The third-order valence-electron chi connectivity index (χ3n) is 5.31. The lowest BCUT2D eigenvalue weighted by Crippen LogP contribution is -2.26. The van der Waals surface area contributed by atoms with Crippen molar-refractivity contribution in [3.8, 4) is 5.75 Å². The number of aryl methyl sites for hydroxylation is 1. The highest BCUT2D eigenvalue weighted by Crippen LogP contribution is 2.42. The Morgan fingerprint density at radius 3 is 2.79 bits per heavy atom. The Morgan fingerprint density at radius 1 is 1.32 bits per heavy atom. The summed E-state index contributed by atoms with van der Waals surface area (Å²) in [6.45, 7) is 5.86. The maximum Gasteiger partial charge on any atom is 0.226 e. The predicted octanol–water partition coefficient (Wildman–Crippen LogP) is 2.81. The Bertz CT molecular complexity index is 1030. The second-order valence-corrected chi connectivity index (χ2v) is 10.1. The highest BCUT2D eigenvalue weighted by molar-refractivity contribution is 7.91. The molecule has 2 aromatic rings. The summed E-state index contributed by atoms with van der Waals surface area (Å²) in [5, 5.41) is 7.56. The fourth-order valence-corrected chi connectivity index (χ4v) is 5.86. The summed E-state index contributed by atoms with van der Waals surface area (Å²) in [5.41, 5.74) is 2.78. The average Bonchev–Trinajstić information content (AvgIpc) is 3.13. The van der Waals surface area contributed by atoms with Crippen LogP contribution in [-0.2, 0) is 14.6 Å². The third-order valence-corrected chi connectivity index (χ3v) is 7.06. The Balaban J connectivity index is 1.75. The highest BCUT2D eigenvalue weighted by Gasteiger charge is 2.37. The molecule has 0 radical (unpaired) electrons. The quantitative estimate of drug-likeness (QED) is 0.848. The number of benzene rings is 1. The van der Waals surface area contributed by atoms with Crippen molar-refractivity contribution < 1.29 is 17.9 Å². The van der Waals surface area contributed by atoms with E-state index in [9.17, 15) is 13.2 Å². The molecule has 0 bridgehead atoms. The first-order valence-electron chi connectivity index (χ1n) is 9.59. The highest BCUT2D eigenvalue weighted by atomic mass is 32.2. The topological polar surface area (TPSA) is 90.3 Å². The van der Waals surface area contributed by atoms with Crippen LogP contribution in [0.15, 0.2) is 24.3 Å². The summed E-state index contributed by atoms with van der Waals surface area (Å²) in [6, 6.07) is 7.58. The number of sulfone groups is 1. The van der Waals surface area contributed by atoms with Crippen LogP contribution in [0.1, 0.15) is 55.5 Å². The number of fused-ring (bicyclic) bond motifs is 1. The van der Waals surface area contributed by atoms with Gasteiger partial charge in [0.15, 0.2) is 9.84 Å². The molecule has 1 fully saturated rings. The Labute approximate surface area is 165 Å². The van der Waals surface area contributed by atoms with Crippen LogP contribution in [0.4, 0.5) is 5.82 Å². The lowest BCUT2D eigenvalue weighted by molar-refractivity contribution is -0.116. The lowest BCUT2D eigenvalue weighted by atomic mass is 9.85. The summed E-state index contributed by atoms with van der Waals surface area (Å²) in [6.07, 6.45) is 0.913. The molecule has 0 aliphatic carbocycles. The fourth-order valence-electron chi connectivity index (χ4n) is 4.17. The van der Waals surface area contributed by atoms with Gasteiger partial charge in [0.05, 0.1) is 29.3 Å². The molecule has 8 heteroatoms. The smallest absolute Gasteiger partial charge is 0.226 e. The minimum atomic E-state index is -3.05. The molecule has 2 atom stereocenters. The van der Waals surface area contributed by atoms with E-state index >= 15 is 0 Å². The van der Waals surface area contributed by atoms with Crippen molar-refractivity contribution in [3.63, 3.8) is 0 Å². The first-order valence-corrected chi connectivity index (χ1v) is 11.4. The van der Waals surface area contributed by atoms with Gasteiger partial charge in [0.1, 0.15) is 11.6 Å². The van der Waals surface area contributed by atoms with E-state index in [4.69, 9.17) is 4.74 Å². The van der Waals surface area contributed by atoms with Crippen molar-refractivity contribution in [1.29, 1.82) is 0 Å². The van der Waals surface area contributed by atoms with Crippen LogP contribution in [0, 0.1) is 6.92 Å². The molecule has 2 aliphatic heterocycles. The number of nitrogens with one attached hydrogen (secondary N) is 1. The van der Waals surface area contributed by atoms with Gasteiger partial charge in [0.25, 0.3) is 0 Å². The van der Waals surface area contributed by atoms with Crippen LogP contribution in [0.25, 0.3) is 0 Å². The molecule has 2 aliphatic rings. The minimum Gasteiger partial charge on any atom is -0.491 e. The summed E-state index contributed by atoms with van der Waals surface area (Å²) in [7, 11) is -3.05. The molecule has 1 aromatic carbocycles. The van der Waals surface area contributed by atoms with E-state index in [1.807, 2.05) is 45.0 Å². The van der Waals surface area contributed by atoms with Crippen molar-refractivity contribution in [2.75, 3.05) is 16.8 Å². The van der Waals surface area contributed by atoms with Gasteiger partial charge in [0.2, 0.25) is 5.91 Å². The number of hydrogen-bond donors (Lipinski definition) is 1. The number of amides is 1. The van der Waals surface area contributed by atoms with Crippen LogP contribution in [0.5, 0.6) is 5.75 Å². The van der Waals surface area contributed by atoms with E-state index in [1.54, 1.807) is 4.68 Å². The van der Waals surface area contributed by atoms with E-state index in [2.05, 4.69) is 10.4 Å². The zero-order chi connectivity index (χ0) is 20.1. The first kappa shape index (κ1) is 19.0. The van der Waals surface area contributed by atoms with Crippen LogP contribution in [0.3, 0.4) is 0 Å². The monoisotopic (exact) mass is 403 g/mol. The third kappa shape index (κ3) is 3.53. The molecule has 1 saturated heterocycles. The van der Waals surface area contributed by atoms with Crippen LogP contribution in [0.2, 0.25) is 0 Å². The molecule has 4 rings (SSSR count). The van der Waals surface area contributed by atoms with Crippen molar-refractivity contribution in [1.82, 2.24) is 9.78 Å². The molecular formula is C20H25N3O4S. The molecule has 0 unspecified atom stereocenters. The van der Waals surface area contributed by atoms with Crippen LogP contribution in [-0.4, -0.2) is 41.7 Å². The molecule has 3 heterocycles. The Kier molecular flexibility index (Phi) is 4.69. The van der Waals surface area contributed by atoms with Crippen molar-refractivity contribution in [3.05, 3.63) is 41.1 Å². The fraction of sp³-hybridized carbons (Fsp3) is 0.500. The first-order chi connectivity index (χ1) is 13.2. The van der Waals surface area contributed by atoms with Crippen molar-refractivity contribution >= 4 is 21.6 Å². The van der Waals surface area contributed by atoms with Gasteiger partial charge < -0.3 is 10.1 Å². The van der Waals surface area contributed by atoms with Crippen molar-refractivity contribution in [2.24, 2.45) is 0 Å². The predicted molar refractivity (Wildman–Crippen MR) is 107 cm³/mol. The number of nitrogens with zero attached hydrogens (tertiary/aromatic N) is 2. The molecule has 7 nitrogen and oxygen atoms in total. The molecule has 1 amide bonds. The summed E-state index contributed by atoms with van der Waals surface area (Å²) < 4.78 is 31.4. The van der Waals surface area contributed by atoms with E-state index in [0.717, 1.165) is 22.6 Å². The number of carbonyl (C=O) groups is 1. The lowest BCUT2D eigenvalue weighted by Gasteiger charge is -2.26. The largest absolute Gasteiger partial charge is 0.491 e. The number of carbonyl (C=O) groups excluding carboxylic acids is 1. The second kappa shape index (κ2) is 6.92. The zero-order valence-electron chi connectivity index (χ0n) is 16.3. The number of anilines is 1. The summed E-state index contributed by atoms with van der Waals surface area (Å²) >= 11 is 0. The molecule has 150 valence electrons. The number of hydrogen-bond acceptors (Lipinski definition) is 5. The maximum atomic E-state index is 12.5. The van der Waals surface area contributed by atoms with Gasteiger partial charge >= 0.3 is 0 Å². The second-order valence-electron chi connectivity index (χ2n) is 7.89. The van der Waals surface area contributed by atoms with Gasteiger partial charge in [-0.3, -0.25) is 4.79 Å². The van der Waals surface area contributed by atoms with Crippen LogP contribution >= 0.6 is 0 Å². The number of ether oxygens (including phenoxy) is 1. The standard InChI is InChI=1S/C20H25N3O4S/c1-12(2)27-16-6-4-5-14(9-16)17-10-18(24)21-20-19(17)13(3)22-23(20)15-7-8-28(25,26)11-15/h4-6,9,12,15,17H,7-8,10-11H2,1-3H3,(H,21,24)/t15-,17-/m1/s1. The summed E-state index contributed by atoms with van der Waals surface area (Å²) in [5.74, 6) is 1.42. The van der Waals surface area contributed by atoms with Gasteiger partial charge in [-0.15, -0.1) is 0 Å². The van der Waals surface area contributed by atoms with Crippen LogP contribution < -0.4 is 10.1 Å². The molecule has 0 saturated carbocycles. The van der Waals surface area contributed by atoms with E-state index < -0.39 is 9.84 Å². The normalized spacial score (nSPS) is 23.5. The zero-order valence-corrected chi connectivity index (χ0v) is 17.1. The van der Waals surface area contributed by atoms with Gasteiger partial charge in [-0.25, -0.2) is 13.1 Å². The summed E-state index contributed by atoms with van der Waals surface area (Å²) in [4.78, 5) is 12.5. The van der Waals surface area contributed by atoms with E-state index in [1.165, 1.54) is 0 Å². The molecule has 1 aromatic heterocycles. The van der Waals surface area contributed by atoms with Crippen molar-refractivity contribution in [2.45, 2.75) is 51.7 Å². The molecule has 28 heavy (non-hydrogen) atoms. The van der Waals surface area contributed by atoms with Gasteiger partial charge in [0, 0.05) is 17.9 Å². The van der Waals surface area contributed by atoms with E-state index in [0.29, 0.717) is 18.7 Å². The van der Waals surface area contributed by atoms with Gasteiger partial charge in [-0.1, -0.05) is 12.1 Å². The molecule has 1 N–H and O–H groups in total. The molecule has 0 spiro atoms. The van der Waals surface area contributed by atoms with Gasteiger partial charge in [-0.2, -0.15) is 5.10 Å². The maximum absolute atomic E-state index is 12.5. The van der Waals surface area contributed by atoms with E-state index in [-0.39, 0.29) is 35.5 Å². The average molecular weight is 404 g/mol.